The van der Waals surface area contributed by atoms with Gasteiger partial charge in [0.15, 0.2) is 0 Å². The Morgan fingerprint density at radius 3 is 1.65 bits per heavy atom. The van der Waals surface area contributed by atoms with Crippen LogP contribution in [0.2, 0.25) is 0 Å². The number of aromatic nitrogens is 5. The zero-order valence-electron chi connectivity index (χ0n) is 28.4. The SMILES string of the molecule is CN1[CH-]N(c2[c-]cccc2)c2ncccc21.CN1[CH-]N(c2[c-]cccc2)c2ncccc21.C[n+]1cn(-c2ccccc2)c2[nH+]cccc21.[Cl-].[Cl-].[Ir].[Ir]. The molecule has 52 heavy (non-hydrogen) atoms. The fraction of sp³-hybridized carbons (Fsp3) is 0.0769. The number of fused-ring (bicyclic) bond motifs is 3. The zero-order chi connectivity index (χ0) is 32.9. The van der Waals surface area contributed by atoms with Gasteiger partial charge in [0.1, 0.15) is 17.3 Å². The van der Waals surface area contributed by atoms with E-state index in [0.29, 0.717) is 0 Å². The number of benzene rings is 3. The van der Waals surface area contributed by atoms with E-state index in [4.69, 9.17) is 0 Å². The number of para-hydroxylation sites is 3. The molecule has 2 aliphatic heterocycles. The molecular formula is C39H35Cl2Ir2N9-4. The molecule has 0 saturated carbocycles. The summed E-state index contributed by atoms with van der Waals surface area (Å²) in [6.45, 7) is 4.03. The molecule has 0 amide bonds. The van der Waals surface area contributed by atoms with E-state index in [1.807, 2.05) is 141 Å². The van der Waals surface area contributed by atoms with Gasteiger partial charge < -0.3 is 44.4 Å². The molecule has 13 heteroatoms. The number of halogens is 2. The standard InChI is InChI=1S/C13H12N3.2C13H11N3.2ClH.2Ir/c3*1-15-10-16(11-6-3-2-4-7-11)13-12(15)8-5-9-14-13;;;;/h2-10H,1H3;2*2-6,8-10H,1H3;2*1H;;/q+1;2*-2;;;;/p-1. The van der Waals surface area contributed by atoms with Crippen molar-refractivity contribution in [2.45, 2.75) is 0 Å². The van der Waals surface area contributed by atoms with Crippen LogP contribution in [0.3, 0.4) is 0 Å². The van der Waals surface area contributed by atoms with Crippen LogP contribution in [0, 0.1) is 25.5 Å². The molecule has 0 saturated heterocycles. The normalized spacial score (nSPS) is 12.0. The minimum absolute atomic E-state index is 0. The van der Waals surface area contributed by atoms with Gasteiger partial charge in [-0.15, -0.1) is 11.4 Å². The number of rotatable bonds is 3. The van der Waals surface area contributed by atoms with Crippen LogP contribution in [-0.4, -0.2) is 28.6 Å². The summed E-state index contributed by atoms with van der Waals surface area (Å²) >= 11 is 0. The van der Waals surface area contributed by atoms with Crippen LogP contribution in [0.1, 0.15) is 0 Å². The van der Waals surface area contributed by atoms with E-state index in [2.05, 4.69) is 89.7 Å². The summed E-state index contributed by atoms with van der Waals surface area (Å²) in [5.41, 5.74) is 7.69. The van der Waals surface area contributed by atoms with Gasteiger partial charge in [0, 0.05) is 64.0 Å². The molecular weight excluding hydrogens is 1050 g/mol. The third-order valence-electron chi connectivity index (χ3n) is 7.99. The maximum Gasteiger partial charge on any atom is 0.335 e. The Morgan fingerprint density at radius 1 is 0.635 bits per heavy atom. The average molecular weight is 1090 g/mol. The van der Waals surface area contributed by atoms with Crippen molar-refractivity contribution < 1.29 is 74.6 Å². The van der Waals surface area contributed by atoms with Crippen LogP contribution in [0.5, 0.6) is 0 Å². The number of nitrogens with one attached hydrogen (secondary N) is 1. The van der Waals surface area contributed by atoms with Gasteiger partial charge in [-0.25, -0.2) is 19.5 Å². The molecule has 2 radical (unpaired) electrons. The first kappa shape index (κ1) is 42.1. The quantitative estimate of drug-likeness (QED) is 0.190. The van der Waals surface area contributed by atoms with Crippen LogP contribution in [0.4, 0.5) is 34.4 Å². The summed E-state index contributed by atoms with van der Waals surface area (Å²) in [7, 11) is 6.09. The minimum atomic E-state index is 0. The zero-order valence-corrected chi connectivity index (χ0v) is 34.7. The predicted octanol–water partition coefficient (Wildman–Crippen LogP) is 0.450. The number of imidazole rings is 1. The number of nitrogens with zero attached hydrogens (tertiary/aromatic N) is 8. The number of hydrogen-bond acceptors (Lipinski definition) is 6. The Kier molecular flexibility index (Phi) is 15.8. The van der Waals surface area contributed by atoms with Gasteiger partial charge in [-0.1, -0.05) is 18.2 Å². The first-order valence-corrected chi connectivity index (χ1v) is 15.6. The molecule has 0 bridgehead atoms. The van der Waals surface area contributed by atoms with E-state index in [1.54, 1.807) is 0 Å². The van der Waals surface area contributed by atoms with Crippen LogP contribution in [0.25, 0.3) is 16.9 Å². The molecule has 0 aliphatic carbocycles. The minimum Gasteiger partial charge on any atom is -1.00 e. The van der Waals surface area contributed by atoms with Crippen molar-refractivity contribution in [2.24, 2.45) is 7.05 Å². The fourth-order valence-electron chi connectivity index (χ4n) is 5.67. The summed E-state index contributed by atoms with van der Waals surface area (Å²) in [5, 5.41) is 0. The summed E-state index contributed by atoms with van der Waals surface area (Å²) in [4.78, 5) is 20.3. The smallest absolute Gasteiger partial charge is 0.335 e. The second kappa shape index (κ2) is 19.5. The molecule has 6 heterocycles. The third kappa shape index (κ3) is 8.99. The summed E-state index contributed by atoms with van der Waals surface area (Å²) < 4.78 is 4.26. The van der Waals surface area contributed by atoms with E-state index in [1.165, 1.54) is 5.52 Å². The number of anilines is 6. The maximum absolute atomic E-state index is 4.40. The number of hydrogen-bond donors (Lipinski definition) is 0. The summed E-state index contributed by atoms with van der Waals surface area (Å²) in [5.74, 6) is 1.90. The van der Waals surface area contributed by atoms with Gasteiger partial charge in [-0.3, -0.25) is 0 Å². The van der Waals surface area contributed by atoms with Gasteiger partial charge >= 0.3 is 5.65 Å². The van der Waals surface area contributed by atoms with Crippen molar-refractivity contribution >= 4 is 45.5 Å². The summed E-state index contributed by atoms with van der Waals surface area (Å²) in [6, 6.07) is 44.6. The molecule has 4 aromatic heterocycles. The van der Waals surface area contributed by atoms with E-state index in [-0.39, 0.29) is 65.0 Å². The van der Waals surface area contributed by atoms with Crippen LogP contribution >= 0.6 is 0 Å². The van der Waals surface area contributed by atoms with Crippen molar-refractivity contribution in [3.63, 3.8) is 0 Å². The van der Waals surface area contributed by atoms with Crippen molar-refractivity contribution in [3.05, 3.63) is 166 Å². The van der Waals surface area contributed by atoms with Gasteiger partial charge in [0.2, 0.25) is 5.52 Å². The first-order chi connectivity index (χ1) is 23.6. The second-order valence-corrected chi connectivity index (χ2v) is 11.2. The average Bonchev–Trinajstić information content (AvgIpc) is 3.80. The Balaban J connectivity index is 0.000000202. The molecule has 0 fully saturated rings. The van der Waals surface area contributed by atoms with E-state index in [0.717, 1.165) is 45.7 Å². The van der Waals surface area contributed by atoms with Crippen LogP contribution in [0.15, 0.2) is 140 Å². The first-order valence-electron chi connectivity index (χ1n) is 15.6. The number of aryl methyl sites for hydroxylation is 1. The molecule has 272 valence electrons. The largest absolute Gasteiger partial charge is 1.00 e. The van der Waals surface area contributed by atoms with Gasteiger partial charge in [-0.2, -0.15) is 78.6 Å². The molecule has 7 aromatic rings. The Labute approximate surface area is 344 Å². The molecule has 1 N–H and O–H groups in total. The summed E-state index contributed by atoms with van der Waals surface area (Å²) in [6.07, 6.45) is 7.64. The van der Waals surface area contributed by atoms with E-state index >= 15 is 0 Å². The molecule has 9 rings (SSSR count). The van der Waals surface area contributed by atoms with E-state index in [9.17, 15) is 0 Å². The molecule has 2 aliphatic rings. The number of H-pyrrole nitrogens is 1. The van der Waals surface area contributed by atoms with Gasteiger partial charge in [0.05, 0.1) is 13.2 Å². The Hall–Kier alpha value is -4.34. The van der Waals surface area contributed by atoms with E-state index < -0.39 is 0 Å². The number of aromatic amines is 1. The molecule has 0 spiro atoms. The van der Waals surface area contributed by atoms with Gasteiger partial charge in [-0.05, 0) is 62.6 Å². The van der Waals surface area contributed by atoms with Crippen molar-refractivity contribution in [3.8, 4) is 5.69 Å². The van der Waals surface area contributed by atoms with Gasteiger partial charge in [0.25, 0.3) is 6.33 Å². The Morgan fingerprint density at radius 2 is 1.15 bits per heavy atom. The maximum atomic E-state index is 4.40. The third-order valence-corrected chi connectivity index (χ3v) is 7.99. The van der Waals surface area contributed by atoms with Crippen molar-refractivity contribution in [1.82, 2.24) is 14.5 Å². The van der Waals surface area contributed by atoms with Crippen LogP contribution < -0.4 is 54.0 Å². The predicted molar refractivity (Wildman–Crippen MR) is 190 cm³/mol. The number of pyridine rings is 3. The molecule has 0 atom stereocenters. The Bertz CT molecular complexity index is 2030. The molecule has 0 unspecified atom stereocenters. The molecule has 3 aromatic carbocycles. The fourth-order valence-corrected chi connectivity index (χ4v) is 5.67. The monoisotopic (exact) mass is 1090 g/mol. The van der Waals surface area contributed by atoms with Crippen molar-refractivity contribution in [2.75, 3.05) is 33.7 Å². The van der Waals surface area contributed by atoms with Crippen molar-refractivity contribution in [1.29, 1.82) is 0 Å². The second-order valence-electron chi connectivity index (χ2n) is 11.2. The van der Waals surface area contributed by atoms with Crippen LogP contribution in [-0.2, 0) is 47.3 Å². The molecule has 9 nitrogen and oxygen atoms in total. The topological polar surface area (TPSA) is 61.7 Å².